The lowest BCUT2D eigenvalue weighted by molar-refractivity contribution is -0.140. The standard InChI is InChI=1S/C24H29F2N3O5/c25-21(26)10-20-23(32)29-12-18(9-17(29)14-30)34-24(33)28-11-16-7-4-6-15(19(16)13-28)5-2-1-3-8-22(31)27-20/h4,6-7,14,17-18,20-21H,1-3,5,8-13H2,(H,27,31)/t17-,18+,20-/m0/s1. The fourth-order valence-electron chi connectivity index (χ4n) is 5.01. The van der Waals surface area contributed by atoms with E-state index in [9.17, 15) is 28.0 Å². The van der Waals surface area contributed by atoms with Crippen molar-refractivity contribution in [3.8, 4) is 0 Å². The highest BCUT2D eigenvalue weighted by Crippen LogP contribution is 2.29. The lowest BCUT2D eigenvalue weighted by Crippen LogP contribution is -2.51. The average molecular weight is 478 g/mol. The third kappa shape index (κ3) is 5.37. The summed E-state index contributed by atoms with van der Waals surface area (Å²) in [6.45, 7) is 0.759. The van der Waals surface area contributed by atoms with Gasteiger partial charge in [0.25, 0.3) is 0 Å². The summed E-state index contributed by atoms with van der Waals surface area (Å²) in [6.07, 6.45) is -1.19. The Morgan fingerprint density at radius 1 is 1.09 bits per heavy atom. The molecule has 3 aliphatic heterocycles. The maximum atomic E-state index is 13.2. The van der Waals surface area contributed by atoms with Crippen LogP contribution in [0.25, 0.3) is 0 Å². The van der Waals surface area contributed by atoms with Crippen molar-refractivity contribution in [2.75, 3.05) is 6.54 Å². The highest BCUT2D eigenvalue weighted by molar-refractivity contribution is 5.89. The summed E-state index contributed by atoms with van der Waals surface area (Å²) in [5.41, 5.74) is 3.34. The van der Waals surface area contributed by atoms with Gasteiger partial charge in [0, 0.05) is 32.4 Å². The van der Waals surface area contributed by atoms with Crippen molar-refractivity contribution >= 4 is 24.2 Å². The van der Waals surface area contributed by atoms with Crippen molar-refractivity contribution in [1.82, 2.24) is 15.1 Å². The van der Waals surface area contributed by atoms with Gasteiger partial charge in [-0.25, -0.2) is 13.6 Å². The SMILES string of the molecule is O=C[C@@H]1C[C@@H]2CN1C(=O)[C@H](CC(F)F)NC(=O)CCCCCc1cccc3c1CN(C3)C(=O)O2. The monoisotopic (exact) mass is 477 g/mol. The zero-order valence-corrected chi connectivity index (χ0v) is 18.9. The number of aryl methyl sites for hydroxylation is 1. The lowest BCUT2D eigenvalue weighted by Gasteiger charge is -2.27. The van der Waals surface area contributed by atoms with E-state index in [1.165, 1.54) is 0 Å². The number of amides is 3. The Balaban J connectivity index is 1.56. The number of halogens is 2. The van der Waals surface area contributed by atoms with Crippen LogP contribution in [0.15, 0.2) is 18.2 Å². The molecule has 0 aliphatic carbocycles. The first-order valence-electron chi connectivity index (χ1n) is 11.7. The molecule has 1 N–H and O–H groups in total. The van der Waals surface area contributed by atoms with Gasteiger partial charge in [0.05, 0.1) is 12.6 Å². The minimum Gasteiger partial charge on any atom is -0.444 e. The molecule has 3 aliphatic rings. The first kappa shape index (κ1) is 24.1. The average Bonchev–Trinajstić information content (AvgIpc) is 3.41. The third-order valence-electron chi connectivity index (χ3n) is 6.75. The van der Waals surface area contributed by atoms with Crippen molar-refractivity contribution < 1.29 is 32.7 Å². The van der Waals surface area contributed by atoms with Gasteiger partial charge in [-0.1, -0.05) is 24.6 Å². The normalized spacial score (nSPS) is 26.2. The van der Waals surface area contributed by atoms with E-state index >= 15 is 0 Å². The quantitative estimate of drug-likeness (QED) is 0.675. The Bertz CT molecular complexity index is 957. The number of carbonyl (C=O) groups excluding carboxylic acids is 4. The van der Waals surface area contributed by atoms with E-state index in [2.05, 4.69) is 5.32 Å². The molecule has 1 aromatic rings. The van der Waals surface area contributed by atoms with Crippen LogP contribution in [-0.4, -0.2) is 65.2 Å². The van der Waals surface area contributed by atoms with Crippen LogP contribution >= 0.6 is 0 Å². The molecular formula is C24H29F2N3O5. The first-order valence-corrected chi connectivity index (χ1v) is 11.7. The Morgan fingerprint density at radius 2 is 1.85 bits per heavy atom. The van der Waals surface area contributed by atoms with Crippen LogP contribution in [0.1, 0.15) is 55.2 Å². The van der Waals surface area contributed by atoms with Crippen LogP contribution in [0.2, 0.25) is 0 Å². The van der Waals surface area contributed by atoms with Crippen molar-refractivity contribution in [2.24, 2.45) is 0 Å². The number of aldehydes is 1. The van der Waals surface area contributed by atoms with E-state index in [1.807, 2.05) is 18.2 Å². The molecule has 0 spiro atoms. The molecule has 1 saturated heterocycles. The van der Waals surface area contributed by atoms with Crippen molar-refractivity contribution in [3.05, 3.63) is 34.9 Å². The molecule has 0 radical (unpaired) electrons. The zero-order valence-electron chi connectivity index (χ0n) is 18.9. The lowest BCUT2D eigenvalue weighted by atomic mass is 9.98. The minimum atomic E-state index is -2.81. The van der Waals surface area contributed by atoms with E-state index in [4.69, 9.17) is 4.74 Å². The molecule has 34 heavy (non-hydrogen) atoms. The van der Waals surface area contributed by atoms with Gasteiger partial charge in [-0.3, -0.25) is 14.5 Å². The van der Waals surface area contributed by atoms with Crippen molar-refractivity contribution in [1.29, 1.82) is 0 Å². The van der Waals surface area contributed by atoms with Crippen LogP contribution in [0.3, 0.4) is 0 Å². The molecule has 10 heteroatoms. The van der Waals surface area contributed by atoms with Gasteiger partial charge in [-0.15, -0.1) is 0 Å². The van der Waals surface area contributed by atoms with Gasteiger partial charge in [0.2, 0.25) is 18.2 Å². The number of ether oxygens (including phenoxy) is 1. The van der Waals surface area contributed by atoms with Gasteiger partial charge in [-0.05, 0) is 36.0 Å². The fraction of sp³-hybridized carbons (Fsp3) is 0.583. The van der Waals surface area contributed by atoms with Gasteiger partial charge in [0.15, 0.2) is 0 Å². The molecule has 4 rings (SSSR count). The summed E-state index contributed by atoms with van der Waals surface area (Å²) in [4.78, 5) is 52.6. The predicted molar refractivity (Wildman–Crippen MR) is 117 cm³/mol. The number of carbonyl (C=O) groups is 4. The summed E-state index contributed by atoms with van der Waals surface area (Å²) < 4.78 is 31.9. The van der Waals surface area contributed by atoms with Crippen LogP contribution in [0, 0.1) is 0 Å². The Kier molecular flexibility index (Phi) is 7.43. The largest absolute Gasteiger partial charge is 0.444 e. The molecule has 8 nitrogen and oxygen atoms in total. The second-order valence-corrected chi connectivity index (χ2v) is 9.15. The van der Waals surface area contributed by atoms with Gasteiger partial charge >= 0.3 is 6.09 Å². The summed E-state index contributed by atoms with van der Waals surface area (Å²) in [5, 5.41) is 2.43. The maximum Gasteiger partial charge on any atom is 0.410 e. The number of nitrogens with zero attached hydrogens (tertiary/aromatic N) is 2. The number of rotatable bonds is 3. The number of nitrogens with one attached hydrogen (secondary N) is 1. The molecule has 3 heterocycles. The van der Waals surface area contributed by atoms with Gasteiger partial charge in [-0.2, -0.15) is 0 Å². The smallest absolute Gasteiger partial charge is 0.410 e. The number of hydrogen-bond acceptors (Lipinski definition) is 5. The fourth-order valence-corrected chi connectivity index (χ4v) is 5.01. The Hall–Kier alpha value is -3.04. The van der Waals surface area contributed by atoms with Crippen LogP contribution in [-0.2, 0) is 38.6 Å². The van der Waals surface area contributed by atoms with E-state index < -0.39 is 48.9 Å². The predicted octanol–water partition coefficient (Wildman–Crippen LogP) is 2.56. The molecule has 184 valence electrons. The molecule has 0 unspecified atom stereocenters. The summed E-state index contributed by atoms with van der Waals surface area (Å²) in [6, 6.07) is 3.65. The van der Waals surface area contributed by atoms with Crippen LogP contribution in [0.5, 0.6) is 0 Å². The number of benzene rings is 1. The second-order valence-electron chi connectivity index (χ2n) is 9.15. The highest BCUT2D eigenvalue weighted by Gasteiger charge is 2.41. The molecule has 0 saturated carbocycles. The molecule has 1 fully saturated rings. The number of fused-ring (bicyclic) bond motifs is 3. The van der Waals surface area contributed by atoms with Crippen molar-refractivity contribution in [3.63, 3.8) is 0 Å². The highest BCUT2D eigenvalue weighted by atomic mass is 19.3. The summed E-state index contributed by atoms with van der Waals surface area (Å²) in [7, 11) is 0. The number of hydrogen-bond donors (Lipinski definition) is 1. The van der Waals surface area contributed by atoms with Crippen LogP contribution in [0.4, 0.5) is 13.6 Å². The van der Waals surface area contributed by atoms with Crippen LogP contribution < -0.4 is 5.32 Å². The Labute approximate surface area is 196 Å². The van der Waals surface area contributed by atoms with Gasteiger partial charge in [0.1, 0.15) is 18.4 Å². The second kappa shape index (κ2) is 10.5. The molecular weight excluding hydrogens is 448 g/mol. The summed E-state index contributed by atoms with van der Waals surface area (Å²) >= 11 is 0. The minimum absolute atomic E-state index is 0.0857. The third-order valence-corrected chi connectivity index (χ3v) is 6.75. The van der Waals surface area contributed by atoms with E-state index in [0.29, 0.717) is 25.8 Å². The van der Waals surface area contributed by atoms with E-state index in [0.717, 1.165) is 40.9 Å². The molecule has 3 atom stereocenters. The molecule has 1 aromatic carbocycles. The summed E-state index contributed by atoms with van der Waals surface area (Å²) in [5.74, 6) is -1.23. The maximum absolute atomic E-state index is 13.2. The van der Waals surface area contributed by atoms with E-state index in [-0.39, 0.29) is 19.4 Å². The Morgan fingerprint density at radius 3 is 2.62 bits per heavy atom. The molecule has 0 aromatic heterocycles. The zero-order chi connectivity index (χ0) is 24.2. The molecule has 4 bridgehead atoms. The van der Waals surface area contributed by atoms with Crippen molar-refractivity contribution in [2.45, 2.75) is 82.6 Å². The van der Waals surface area contributed by atoms with Gasteiger partial charge < -0.3 is 19.7 Å². The van der Waals surface area contributed by atoms with E-state index in [1.54, 1.807) is 4.90 Å². The number of alkyl halides is 2. The molecule has 3 amide bonds. The first-order chi connectivity index (χ1) is 16.4. The topological polar surface area (TPSA) is 96.0 Å².